The molecule has 0 saturated carbocycles. The summed E-state index contributed by atoms with van der Waals surface area (Å²) in [6, 6.07) is 6.28. The number of hydrogen-bond acceptors (Lipinski definition) is 4. The molecule has 5 nitrogen and oxygen atoms in total. The highest BCUT2D eigenvalue weighted by atomic mass is 32.2. The van der Waals surface area contributed by atoms with Gasteiger partial charge in [0.1, 0.15) is 0 Å². The molecule has 0 spiro atoms. The zero-order chi connectivity index (χ0) is 11.8. The summed E-state index contributed by atoms with van der Waals surface area (Å²) in [4.78, 5) is 0.0605. The molecule has 6 heteroatoms. The molecular weight excluding hydrogens is 230 g/mol. The third-order valence-corrected chi connectivity index (χ3v) is 3.44. The second-order valence-electron chi connectivity index (χ2n) is 3.72. The Morgan fingerprint density at radius 3 is 2.50 bits per heavy atom. The fourth-order valence-corrected chi connectivity index (χ4v) is 2.20. The number of rotatable bonds is 2. The quantitative estimate of drug-likeness (QED) is 0.823. The maximum Gasteiger partial charge on any atom is 0.238 e. The summed E-state index contributed by atoms with van der Waals surface area (Å²) in [6.07, 6.45) is 0. The molecule has 1 aromatic rings. The van der Waals surface area contributed by atoms with Gasteiger partial charge in [0.05, 0.1) is 18.1 Å². The molecule has 88 valence electrons. The lowest BCUT2D eigenvalue weighted by Crippen LogP contribution is -2.23. The molecule has 0 unspecified atom stereocenters. The fraction of sp³-hybridized carbons (Fsp3) is 0.400. The normalized spacial score (nSPS) is 19.9. The van der Waals surface area contributed by atoms with Crippen LogP contribution in [0.3, 0.4) is 0 Å². The molecule has 0 atom stereocenters. The molecule has 1 aromatic carbocycles. The van der Waals surface area contributed by atoms with Gasteiger partial charge >= 0.3 is 0 Å². The molecule has 0 aliphatic carbocycles. The van der Waals surface area contributed by atoms with E-state index in [-0.39, 0.29) is 4.90 Å². The third kappa shape index (κ3) is 2.10. The van der Waals surface area contributed by atoms with Crippen LogP contribution in [0.5, 0.6) is 0 Å². The number of primary sulfonamides is 1. The van der Waals surface area contributed by atoms with E-state index in [4.69, 9.17) is 14.6 Å². The summed E-state index contributed by atoms with van der Waals surface area (Å²) in [5.41, 5.74) is 0.650. The van der Waals surface area contributed by atoms with Crippen LogP contribution in [0.1, 0.15) is 12.5 Å². The Balaban J connectivity index is 2.44. The maximum atomic E-state index is 11.2. The molecule has 2 N–H and O–H groups in total. The van der Waals surface area contributed by atoms with Gasteiger partial charge in [-0.25, -0.2) is 13.6 Å². The van der Waals surface area contributed by atoms with Gasteiger partial charge in [0.25, 0.3) is 0 Å². The minimum atomic E-state index is -3.69. The van der Waals surface area contributed by atoms with Crippen molar-refractivity contribution in [3.05, 3.63) is 29.8 Å². The van der Waals surface area contributed by atoms with Gasteiger partial charge in [-0.1, -0.05) is 12.1 Å². The highest BCUT2D eigenvalue weighted by Crippen LogP contribution is 2.31. The molecule has 1 fully saturated rings. The Kier molecular flexibility index (Phi) is 2.75. The first-order valence-electron chi connectivity index (χ1n) is 4.83. The van der Waals surface area contributed by atoms with E-state index in [0.717, 1.165) is 0 Å². The molecule has 1 saturated heterocycles. The van der Waals surface area contributed by atoms with Crippen LogP contribution in [0.4, 0.5) is 0 Å². The Labute approximate surface area is 94.2 Å². The minimum Gasteiger partial charge on any atom is -0.344 e. The minimum absolute atomic E-state index is 0.0605. The van der Waals surface area contributed by atoms with Crippen LogP contribution in [0.15, 0.2) is 29.2 Å². The number of benzene rings is 1. The van der Waals surface area contributed by atoms with E-state index in [2.05, 4.69) is 0 Å². The van der Waals surface area contributed by atoms with Gasteiger partial charge in [-0.05, 0) is 19.1 Å². The predicted octanol–water partition coefficient (Wildman–Crippen LogP) is 0.554. The Morgan fingerprint density at radius 1 is 1.31 bits per heavy atom. The molecule has 1 aliphatic heterocycles. The SMILES string of the molecule is CC1(c2cccc(S(N)(=O)=O)c2)OCCO1. The molecular formula is C10H13NO4S. The van der Waals surface area contributed by atoms with E-state index in [1.165, 1.54) is 12.1 Å². The van der Waals surface area contributed by atoms with Crippen molar-refractivity contribution < 1.29 is 17.9 Å². The average molecular weight is 243 g/mol. The van der Waals surface area contributed by atoms with Crippen LogP contribution in [0, 0.1) is 0 Å². The molecule has 2 rings (SSSR count). The van der Waals surface area contributed by atoms with Gasteiger partial charge in [0, 0.05) is 5.56 Å². The highest BCUT2D eigenvalue weighted by molar-refractivity contribution is 7.89. The van der Waals surface area contributed by atoms with Crippen LogP contribution in [0.2, 0.25) is 0 Å². The van der Waals surface area contributed by atoms with E-state index in [1.54, 1.807) is 19.1 Å². The van der Waals surface area contributed by atoms with Crippen molar-refractivity contribution in [2.45, 2.75) is 17.6 Å². The zero-order valence-corrected chi connectivity index (χ0v) is 9.66. The standard InChI is InChI=1S/C10H13NO4S/c1-10(14-5-6-15-10)8-3-2-4-9(7-8)16(11,12)13/h2-4,7H,5-6H2,1H3,(H2,11,12,13). The van der Waals surface area contributed by atoms with E-state index in [0.29, 0.717) is 18.8 Å². The second-order valence-corrected chi connectivity index (χ2v) is 5.28. The lowest BCUT2D eigenvalue weighted by Gasteiger charge is -2.22. The highest BCUT2D eigenvalue weighted by Gasteiger charge is 2.33. The van der Waals surface area contributed by atoms with Gasteiger partial charge in [-0.2, -0.15) is 0 Å². The first-order chi connectivity index (χ1) is 7.42. The third-order valence-electron chi connectivity index (χ3n) is 2.53. The molecule has 16 heavy (non-hydrogen) atoms. The van der Waals surface area contributed by atoms with Crippen LogP contribution < -0.4 is 5.14 Å². The van der Waals surface area contributed by atoms with Crippen molar-refractivity contribution in [1.29, 1.82) is 0 Å². The summed E-state index contributed by atoms with van der Waals surface area (Å²) >= 11 is 0. The average Bonchev–Trinajstić information content (AvgIpc) is 2.66. The van der Waals surface area contributed by atoms with E-state index in [9.17, 15) is 8.42 Å². The molecule has 1 aliphatic rings. The first kappa shape index (κ1) is 11.5. The summed E-state index contributed by atoms with van der Waals surface area (Å²) in [5.74, 6) is -0.874. The molecule has 0 aromatic heterocycles. The van der Waals surface area contributed by atoms with Crippen LogP contribution in [-0.4, -0.2) is 21.6 Å². The Hall–Kier alpha value is -0.950. The van der Waals surface area contributed by atoms with E-state index in [1.807, 2.05) is 0 Å². The zero-order valence-electron chi connectivity index (χ0n) is 8.84. The molecule has 0 radical (unpaired) electrons. The van der Waals surface area contributed by atoms with E-state index < -0.39 is 15.8 Å². The number of ether oxygens (including phenoxy) is 2. The van der Waals surface area contributed by atoms with Crippen LogP contribution in [-0.2, 0) is 25.3 Å². The largest absolute Gasteiger partial charge is 0.344 e. The summed E-state index contributed by atoms with van der Waals surface area (Å²) in [5, 5.41) is 5.06. The number of hydrogen-bond donors (Lipinski definition) is 1. The van der Waals surface area contributed by atoms with Crippen molar-refractivity contribution in [1.82, 2.24) is 0 Å². The van der Waals surface area contributed by atoms with Gasteiger partial charge in [-0.15, -0.1) is 0 Å². The van der Waals surface area contributed by atoms with Crippen LogP contribution >= 0.6 is 0 Å². The maximum absolute atomic E-state index is 11.2. The Bertz CT molecular complexity index is 491. The second kappa shape index (κ2) is 3.81. The van der Waals surface area contributed by atoms with Crippen LogP contribution in [0.25, 0.3) is 0 Å². The van der Waals surface area contributed by atoms with Crippen molar-refractivity contribution in [3.8, 4) is 0 Å². The van der Waals surface area contributed by atoms with Crippen molar-refractivity contribution in [3.63, 3.8) is 0 Å². The Morgan fingerprint density at radius 2 is 1.94 bits per heavy atom. The van der Waals surface area contributed by atoms with Crippen molar-refractivity contribution >= 4 is 10.0 Å². The lowest BCUT2D eigenvalue weighted by molar-refractivity contribution is -0.149. The summed E-state index contributed by atoms with van der Waals surface area (Å²) in [7, 11) is -3.69. The van der Waals surface area contributed by atoms with Gasteiger partial charge < -0.3 is 9.47 Å². The van der Waals surface area contributed by atoms with Gasteiger partial charge in [0.15, 0.2) is 5.79 Å². The number of sulfonamides is 1. The van der Waals surface area contributed by atoms with Crippen molar-refractivity contribution in [2.24, 2.45) is 5.14 Å². The molecule has 0 bridgehead atoms. The van der Waals surface area contributed by atoms with E-state index >= 15 is 0 Å². The first-order valence-corrected chi connectivity index (χ1v) is 6.38. The van der Waals surface area contributed by atoms with Gasteiger partial charge in [-0.3, -0.25) is 0 Å². The smallest absolute Gasteiger partial charge is 0.238 e. The summed E-state index contributed by atoms with van der Waals surface area (Å²) in [6.45, 7) is 2.74. The van der Waals surface area contributed by atoms with Crippen molar-refractivity contribution in [2.75, 3.05) is 13.2 Å². The topological polar surface area (TPSA) is 78.6 Å². The predicted molar refractivity (Wildman–Crippen MR) is 57.1 cm³/mol. The molecule has 0 amide bonds. The fourth-order valence-electron chi connectivity index (χ4n) is 1.64. The molecule has 1 heterocycles. The summed E-state index contributed by atoms with van der Waals surface area (Å²) < 4.78 is 33.3. The van der Waals surface area contributed by atoms with Gasteiger partial charge in [0.2, 0.25) is 10.0 Å². The monoisotopic (exact) mass is 243 g/mol. The lowest BCUT2D eigenvalue weighted by atomic mass is 10.1. The number of nitrogens with two attached hydrogens (primary N) is 1.